The van der Waals surface area contributed by atoms with E-state index in [0.717, 1.165) is 28.0 Å². The van der Waals surface area contributed by atoms with Crippen LogP contribution in [0, 0.1) is 12.7 Å². The van der Waals surface area contributed by atoms with Crippen LogP contribution >= 0.6 is 24.0 Å². The maximum Gasteiger partial charge on any atom is 0.322 e. The molecular weight excluding hydrogens is 345 g/mol. The molecule has 0 saturated carbocycles. The van der Waals surface area contributed by atoms with Crippen LogP contribution in [0.25, 0.3) is 0 Å². The second kappa shape index (κ2) is 7.98. The van der Waals surface area contributed by atoms with Gasteiger partial charge < -0.3 is 9.40 Å². The summed E-state index contributed by atoms with van der Waals surface area (Å²) in [7, 11) is 1.77. The highest BCUT2D eigenvalue weighted by Gasteiger charge is 2.21. The van der Waals surface area contributed by atoms with E-state index in [1.165, 1.54) is 11.1 Å². The van der Waals surface area contributed by atoms with Crippen LogP contribution in [0.15, 0.2) is 34.2 Å². The third kappa shape index (κ3) is 4.70. The van der Waals surface area contributed by atoms with Gasteiger partial charge in [0.05, 0.1) is 5.69 Å². The summed E-state index contributed by atoms with van der Waals surface area (Å²) in [6.45, 7) is 9.28. The van der Waals surface area contributed by atoms with E-state index < -0.39 is 0 Å². The number of rotatable bonds is 4. The Morgan fingerprint density at radius 2 is 2.00 bits per heavy atom. The largest absolute Gasteiger partial charge is 0.342 e. The number of hydroxylamine groups is 2. The number of hydrogen-bond acceptors (Lipinski definition) is 4. The molecule has 1 aromatic carbocycles. The van der Waals surface area contributed by atoms with Gasteiger partial charge in [-0.25, -0.2) is 9.37 Å². The molecular formula is C17H22FN3OS2. The van der Waals surface area contributed by atoms with Gasteiger partial charge in [0.2, 0.25) is 0 Å². The number of nitrogens with zero attached hydrogens (tertiary/aromatic N) is 3. The predicted octanol–water partition coefficient (Wildman–Crippen LogP) is 4.77. The summed E-state index contributed by atoms with van der Waals surface area (Å²) in [6, 6.07) is 6.71. The topological polar surface area (TPSA) is 33.4 Å². The van der Waals surface area contributed by atoms with Crippen LogP contribution in [0.2, 0.25) is 0 Å². The van der Waals surface area contributed by atoms with Crippen molar-refractivity contribution in [1.82, 2.24) is 14.6 Å². The molecule has 0 aliphatic carbocycles. The van der Waals surface area contributed by atoms with Gasteiger partial charge in [0.25, 0.3) is 0 Å². The summed E-state index contributed by atoms with van der Waals surface area (Å²) >= 11 is 6.06. The number of halogens is 1. The van der Waals surface area contributed by atoms with Gasteiger partial charge in [-0.1, -0.05) is 31.7 Å². The summed E-state index contributed by atoms with van der Waals surface area (Å²) in [5, 5.41) is 3.24. The second-order valence-electron chi connectivity index (χ2n) is 5.66. The molecule has 1 saturated heterocycles. The van der Waals surface area contributed by atoms with Crippen molar-refractivity contribution < 1.29 is 9.23 Å². The van der Waals surface area contributed by atoms with Crippen LogP contribution in [0.1, 0.15) is 38.2 Å². The van der Waals surface area contributed by atoms with Crippen LogP contribution < -0.4 is 0 Å². The van der Waals surface area contributed by atoms with Crippen molar-refractivity contribution >= 4 is 29.2 Å². The molecule has 4 nitrogen and oxygen atoms in total. The molecule has 0 spiro atoms. The van der Waals surface area contributed by atoms with Gasteiger partial charge >= 0.3 is 5.17 Å². The van der Waals surface area contributed by atoms with Crippen molar-refractivity contribution in [3.63, 3.8) is 0 Å². The fourth-order valence-corrected chi connectivity index (χ4v) is 3.57. The van der Waals surface area contributed by atoms with E-state index >= 15 is 0 Å². The van der Waals surface area contributed by atoms with Crippen LogP contribution in [0.4, 0.5) is 4.39 Å². The van der Waals surface area contributed by atoms with E-state index in [-0.39, 0.29) is 5.82 Å². The molecule has 0 amide bonds. The van der Waals surface area contributed by atoms with Crippen molar-refractivity contribution in [1.29, 1.82) is 0 Å². The number of aryl methyl sites for hydroxylation is 1. The average molecular weight is 368 g/mol. The SMILES string of the molecule is CCn1c(C)nc(C(C)C)c1Sc1cccc(F)c1.CN1OC1=S. The van der Waals surface area contributed by atoms with E-state index in [2.05, 4.69) is 47.4 Å². The fraction of sp³-hybridized carbons (Fsp3) is 0.412. The van der Waals surface area contributed by atoms with Crippen molar-refractivity contribution in [2.24, 2.45) is 0 Å². The molecule has 2 heterocycles. The first-order chi connectivity index (χ1) is 11.3. The minimum atomic E-state index is -0.199. The van der Waals surface area contributed by atoms with Crippen molar-refractivity contribution in [3.05, 3.63) is 41.6 Å². The first-order valence-electron chi connectivity index (χ1n) is 7.79. The Morgan fingerprint density at radius 1 is 1.38 bits per heavy atom. The summed E-state index contributed by atoms with van der Waals surface area (Å²) < 4.78 is 15.5. The first-order valence-corrected chi connectivity index (χ1v) is 9.02. The normalized spacial score (nSPS) is 12.8. The minimum absolute atomic E-state index is 0.199. The van der Waals surface area contributed by atoms with Gasteiger partial charge in [-0.2, -0.15) is 5.06 Å². The smallest absolute Gasteiger partial charge is 0.322 e. The molecule has 2 aromatic rings. The van der Waals surface area contributed by atoms with Crippen molar-refractivity contribution in [2.75, 3.05) is 7.05 Å². The lowest BCUT2D eigenvalue weighted by Gasteiger charge is -2.10. The monoisotopic (exact) mass is 367 g/mol. The Kier molecular flexibility index (Phi) is 6.23. The third-order valence-electron chi connectivity index (χ3n) is 3.45. The maximum atomic E-state index is 13.3. The molecule has 0 radical (unpaired) electrons. The van der Waals surface area contributed by atoms with Crippen molar-refractivity contribution in [2.45, 2.75) is 50.1 Å². The van der Waals surface area contributed by atoms with Crippen molar-refractivity contribution in [3.8, 4) is 0 Å². The highest BCUT2D eigenvalue weighted by atomic mass is 32.2. The standard InChI is InChI=1S/C15H19FN2S.C2H3NOS/c1-5-18-11(4)17-14(10(2)3)15(18)19-13-8-6-7-12(16)9-13;1-3-2(5)4-3/h6-10H,5H2,1-4H3;1H3. The summed E-state index contributed by atoms with van der Waals surface area (Å²) in [4.78, 5) is 10.0. The zero-order valence-corrected chi connectivity index (χ0v) is 16.2. The Labute approximate surface area is 152 Å². The van der Waals surface area contributed by atoms with Crippen LogP contribution in [-0.2, 0) is 11.4 Å². The summed E-state index contributed by atoms with van der Waals surface area (Å²) in [5.74, 6) is 1.18. The van der Waals surface area contributed by atoms with Gasteiger partial charge in [-0.15, -0.1) is 0 Å². The highest BCUT2D eigenvalue weighted by molar-refractivity contribution is 7.99. The molecule has 1 aromatic heterocycles. The Hall–Kier alpha value is -1.60. The zero-order valence-electron chi connectivity index (χ0n) is 14.5. The fourth-order valence-electron chi connectivity index (χ4n) is 2.16. The molecule has 3 rings (SSSR count). The quantitative estimate of drug-likeness (QED) is 0.574. The number of imidazole rings is 1. The van der Waals surface area contributed by atoms with Gasteiger partial charge in [0.1, 0.15) is 16.7 Å². The van der Waals surface area contributed by atoms with E-state index in [0.29, 0.717) is 11.1 Å². The average Bonchev–Trinajstić information content (AvgIpc) is 3.05. The molecule has 24 heavy (non-hydrogen) atoms. The zero-order chi connectivity index (χ0) is 17.9. The van der Waals surface area contributed by atoms with E-state index in [4.69, 9.17) is 0 Å². The molecule has 130 valence electrons. The van der Waals surface area contributed by atoms with Gasteiger partial charge in [0, 0.05) is 18.5 Å². The van der Waals surface area contributed by atoms with Gasteiger partial charge in [-0.05, 0) is 50.2 Å². The molecule has 1 aliphatic heterocycles. The van der Waals surface area contributed by atoms with Crippen LogP contribution in [0.3, 0.4) is 0 Å². The number of benzene rings is 1. The first kappa shape index (κ1) is 18.7. The van der Waals surface area contributed by atoms with Crippen LogP contribution in [-0.4, -0.2) is 26.8 Å². The summed E-state index contributed by atoms with van der Waals surface area (Å²) in [5.41, 5.74) is 1.09. The Bertz CT molecular complexity index is 731. The molecule has 7 heteroatoms. The lowest BCUT2D eigenvalue weighted by atomic mass is 10.1. The van der Waals surface area contributed by atoms with Crippen LogP contribution in [0.5, 0.6) is 0 Å². The molecule has 1 aliphatic rings. The minimum Gasteiger partial charge on any atom is -0.342 e. The van der Waals surface area contributed by atoms with E-state index in [1.807, 2.05) is 13.0 Å². The molecule has 0 N–H and O–H groups in total. The number of thiocarbonyl (C=S) groups is 1. The Balaban J connectivity index is 0.000000355. The Morgan fingerprint density at radius 3 is 2.46 bits per heavy atom. The number of hydrogen-bond donors (Lipinski definition) is 0. The predicted molar refractivity (Wildman–Crippen MR) is 98.7 cm³/mol. The molecule has 0 atom stereocenters. The maximum absolute atomic E-state index is 13.3. The van der Waals surface area contributed by atoms with Gasteiger partial charge in [0.15, 0.2) is 0 Å². The third-order valence-corrected chi connectivity index (χ3v) is 4.89. The number of aromatic nitrogens is 2. The van der Waals surface area contributed by atoms with E-state index in [1.54, 1.807) is 30.9 Å². The summed E-state index contributed by atoms with van der Waals surface area (Å²) in [6.07, 6.45) is 0. The van der Waals surface area contributed by atoms with E-state index in [9.17, 15) is 4.39 Å². The molecule has 1 fully saturated rings. The second-order valence-corrected chi connectivity index (χ2v) is 7.07. The molecule has 0 bridgehead atoms. The highest BCUT2D eigenvalue weighted by Crippen LogP contribution is 2.34. The lowest BCUT2D eigenvalue weighted by Crippen LogP contribution is -1.99. The lowest BCUT2D eigenvalue weighted by molar-refractivity contribution is 0.243. The molecule has 0 unspecified atom stereocenters. The van der Waals surface area contributed by atoms with Gasteiger partial charge in [-0.3, -0.25) is 0 Å².